The van der Waals surface area contributed by atoms with Crippen LogP contribution in [0.4, 0.5) is 4.79 Å². The molecule has 122 valence electrons. The maximum atomic E-state index is 11.8. The number of rotatable bonds is 6. The van der Waals surface area contributed by atoms with Gasteiger partial charge in [-0.1, -0.05) is 0 Å². The Bertz CT molecular complexity index is 380. The van der Waals surface area contributed by atoms with Gasteiger partial charge in [0.25, 0.3) is 0 Å². The molecule has 1 aliphatic rings. The van der Waals surface area contributed by atoms with Crippen LogP contribution in [0.2, 0.25) is 0 Å². The molecule has 0 aromatic rings. The normalized spacial score (nSPS) is 26.6. The Labute approximate surface area is 125 Å². The van der Waals surface area contributed by atoms with Crippen LogP contribution in [-0.2, 0) is 14.3 Å². The minimum absolute atomic E-state index is 0.100. The Balaban J connectivity index is 2.56. The molecule has 0 heterocycles. The summed E-state index contributed by atoms with van der Waals surface area (Å²) in [5.74, 6) is -0.937. The maximum Gasteiger partial charge on any atom is 0.407 e. The molecule has 1 rings (SSSR count). The summed E-state index contributed by atoms with van der Waals surface area (Å²) in [6.07, 6.45) is 0.0332. The minimum Gasteiger partial charge on any atom is -0.480 e. The van der Waals surface area contributed by atoms with Crippen LogP contribution in [0.5, 0.6) is 0 Å². The van der Waals surface area contributed by atoms with Gasteiger partial charge < -0.3 is 19.9 Å². The van der Waals surface area contributed by atoms with E-state index in [-0.39, 0.29) is 18.2 Å². The molecule has 4 unspecified atom stereocenters. The van der Waals surface area contributed by atoms with Crippen LogP contribution in [0, 0.1) is 0 Å². The summed E-state index contributed by atoms with van der Waals surface area (Å²) in [7, 11) is 0. The zero-order chi connectivity index (χ0) is 16.2. The second-order valence-corrected chi connectivity index (χ2v) is 6.23. The topological polar surface area (TPSA) is 96.9 Å². The first-order valence-corrected chi connectivity index (χ1v) is 7.24. The number of ether oxygens (including phenoxy) is 2. The molecule has 0 saturated heterocycles. The van der Waals surface area contributed by atoms with Crippen LogP contribution < -0.4 is 10.6 Å². The lowest BCUT2D eigenvalue weighted by Crippen LogP contribution is -2.68. The van der Waals surface area contributed by atoms with Crippen molar-refractivity contribution < 1.29 is 24.2 Å². The summed E-state index contributed by atoms with van der Waals surface area (Å²) in [5, 5.41) is 14.7. The van der Waals surface area contributed by atoms with Crippen molar-refractivity contribution in [1.29, 1.82) is 0 Å². The molecule has 0 spiro atoms. The van der Waals surface area contributed by atoms with Gasteiger partial charge in [0.2, 0.25) is 0 Å². The van der Waals surface area contributed by atoms with Gasteiger partial charge in [0, 0.05) is 6.61 Å². The van der Waals surface area contributed by atoms with E-state index in [1.54, 1.807) is 27.7 Å². The SMILES string of the molecule is CCOC1CC(NC(=O)OC(C)(C)C)C1NC(C)C(=O)O. The van der Waals surface area contributed by atoms with Gasteiger partial charge in [-0.15, -0.1) is 0 Å². The fourth-order valence-electron chi connectivity index (χ4n) is 2.18. The highest BCUT2D eigenvalue weighted by Gasteiger charge is 2.44. The molecule has 21 heavy (non-hydrogen) atoms. The van der Waals surface area contributed by atoms with Crippen molar-refractivity contribution in [2.24, 2.45) is 0 Å². The predicted octanol–water partition coefficient (Wildman–Crippen LogP) is 1.12. The highest BCUT2D eigenvalue weighted by atomic mass is 16.6. The van der Waals surface area contributed by atoms with E-state index < -0.39 is 23.7 Å². The lowest BCUT2D eigenvalue weighted by Gasteiger charge is -2.45. The smallest absolute Gasteiger partial charge is 0.407 e. The lowest BCUT2D eigenvalue weighted by molar-refractivity contribution is -0.140. The third kappa shape index (κ3) is 5.51. The average Bonchev–Trinajstić information content (AvgIpc) is 2.32. The van der Waals surface area contributed by atoms with E-state index in [1.165, 1.54) is 0 Å². The van der Waals surface area contributed by atoms with Crippen molar-refractivity contribution >= 4 is 12.1 Å². The third-order valence-electron chi connectivity index (χ3n) is 3.22. The molecule has 7 heteroatoms. The largest absolute Gasteiger partial charge is 0.480 e. The van der Waals surface area contributed by atoms with Gasteiger partial charge in [-0.05, 0) is 41.0 Å². The third-order valence-corrected chi connectivity index (χ3v) is 3.22. The summed E-state index contributed by atoms with van der Waals surface area (Å²) < 4.78 is 10.7. The van der Waals surface area contributed by atoms with E-state index in [0.29, 0.717) is 13.0 Å². The Morgan fingerprint density at radius 1 is 1.38 bits per heavy atom. The van der Waals surface area contributed by atoms with Crippen LogP contribution in [0.25, 0.3) is 0 Å². The van der Waals surface area contributed by atoms with E-state index >= 15 is 0 Å². The lowest BCUT2D eigenvalue weighted by atomic mass is 9.82. The van der Waals surface area contributed by atoms with Gasteiger partial charge >= 0.3 is 12.1 Å². The van der Waals surface area contributed by atoms with E-state index in [1.807, 2.05) is 6.92 Å². The zero-order valence-electron chi connectivity index (χ0n) is 13.3. The summed E-state index contributed by atoms with van der Waals surface area (Å²) >= 11 is 0. The standard InChI is InChI=1S/C14H26N2O5/c1-6-20-10-7-9(11(10)15-8(2)12(17)18)16-13(19)21-14(3,4)5/h8-11,15H,6-7H2,1-5H3,(H,16,19)(H,17,18). The second-order valence-electron chi connectivity index (χ2n) is 6.23. The van der Waals surface area contributed by atoms with Crippen LogP contribution >= 0.6 is 0 Å². The van der Waals surface area contributed by atoms with Crippen molar-refractivity contribution in [3.8, 4) is 0 Å². The Morgan fingerprint density at radius 2 is 2.00 bits per heavy atom. The summed E-state index contributed by atoms with van der Waals surface area (Å²) in [5.41, 5.74) is -0.565. The molecule has 4 atom stereocenters. The first kappa shape index (κ1) is 17.7. The van der Waals surface area contributed by atoms with Crippen molar-refractivity contribution in [2.45, 2.75) is 70.9 Å². The molecular formula is C14H26N2O5. The molecule has 0 aliphatic heterocycles. The fourth-order valence-corrected chi connectivity index (χ4v) is 2.18. The zero-order valence-corrected chi connectivity index (χ0v) is 13.3. The predicted molar refractivity (Wildman–Crippen MR) is 77.2 cm³/mol. The van der Waals surface area contributed by atoms with Crippen molar-refractivity contribution in [1.82, 2.24) is 10.6 Å². The number of carbonyl (C=O) groups excluding carboxylic acids is 1. The van der Waals surface area contributed by atoms with E-state index in [0.717, 1.165) is 0 Å². The van der Waals surface area contributed by atoms with Crippen LogP contribution in [0.3, 0.4) is 0 Å². The first-order chi connectivity index (χ1) is 9.64. The molecule has 1 amide bonds. The van der Waals surface area contributed by atoms with Gasteiger partial charge in [0.15, 0.2) is 0 Å². The number of aliphatic carboxylic acids is 1. The number of carboxylic acids is 1. The van der Waals surface area contributed by atoms with Crippen LogP contribution in [0.1, 0.15) is 41.0 Å². The molecule has 0 bridgehead atoms. The van der Waals surface area contributed by atoms with E-state index in [4.69, 9.17) is 14.6 Å². The van der Waals surface area contributed by atoms with E-state index in [9.17, 15) is 9.59 Å². The van der Waals surface area contributed by atoms with Gasteiger partial charge in [-0.3, -0.25) is 10.1 Å². The number of hydrogen-bond donors (Lipinski definition) is 3. The molecule has 0 radical (unpaired) electrons. The molecule has 1 fully saturated rings. The van der Waals surface area contributed by atoms with E-state index in [2.05, 4.69) is 10.6 Å². The van der Waals surface area contributed by atoms with Crippen LogP contribution in [0.15, 0.2) is 0 Å². The molecule has 1 aliphatic carbocycles. The summed E-state index contributed by atoms with van der Waals surface area (Å²) in [4.78, 5) is 22.7. The Kier molecular flexibility index (Phi) is 5.98. The molecule has 0 aromatic carbocycles. The number of alkyl carbamates (subject to hydrolysis) is 1. The van der Waals surface area contributed by atoms with Crippen molar-refractivity contribution in [2.75, 3.05) is 6.61 Å². The summed E-state index contributed by atoms with van der Waals surface area (Å²) in [6.45, 7) is 9.36. The molecule has 1 saturated carbocycles. The maximum absolute atomic E-state index is 11.8. The Morgan fingerprint density at radius 3 is 2.48 bits per heavy atom. The highest BCUT2D eigenvalue weighted by molar-refractivity contribution is 5.73. The number of carbonyl (C=O) groups is 2. The second kappa shape index (κ2) is 7.09. The van der Waals surface area contributed by atoms with Gasteiger partial charge in [0.05, 0.1) is 18.2 Å². The molecule has 7 nitrogen and oxygen atoms in total. The van der Waals surface area contributed by atoms with Gasteiger partial charge in [-0.25, -0.2) is 4.79 Å². The number of amides is 1. The summed E-state index contributed by atoms with van der Waals surface area (Å²) in [6, 6.07) is -1.14. The monoisotopic (exact) mass is 302 g/mol. The number of nitrogens with one attached hydrogen (secondary N) is 2. The van der Waals surface area contributed by atoms with Gasteiger partial charge in [0.1, 0.15) is 11.6 Å². The number of carboxylic acid groups (broad SMARTS) is 1. The minimum atomic E-state index is -0.937. The molecular weight excluding hydrogens is 276 g/mol. The fraction of sp³-hybridized carbons (Fsp3) is 0.857. The quantitative estimate of drug-likeness (QED) is 0.680. The van der Waals surface area contributed by atoms with Gasteiger partial charge in [-0.2, -0.15) is 0 Å². The molecule has 3 N–H and O–H groups in total. The average molecular weight is 302 g/mol. The Hall–Kier alpha value is -1.34. The highest BCUT2D eigenvalue weighted by Crippen LogP contribution is 2.25. The number of hydrogen-bond acceptors (Lipinski definition) is 5. The van der Waals surface area contributed by atoms with Crippen molar-refractivity contribution in [3.05, 3.63) is 0 Å². The molecule has 0 aromatic heterocycles. The van der Waals surface area contributed by atoms with Crippen LogP contribution in [-0.4, -0.2) is 53.6 Å². The van der Waals surface area contributed by atoms with Crippen molar-refractivity contribution in [3.63, 3.8) is 0 Å². The first-order valence-electron chi connectivity index (χ1n) is 7.24.